The lowest BCUT2D eigenvalue weighted by molar-refractivity contribution is 0.206. The van der Waals surface area contributed by atoms with Crippen LogP contribution in [0.2, 0.25) is 0 Å². The molecule has 0 bridgehead atoms. The molecule has 2 atom stereocenters. The van der Waals surface area contributed by atoms with Crippen molar-refractivity contribution in [1.82, 2.24) is 9.91 Å². The molecule has 1 fully saturated rings. The zero-order valence-corrected chi connectivity index (χ0v) is 20.9. The van der Waals surface area contributed by atoms with Gasteiger partial charge >= 0.3 is 5.63 Å². The van der Waals surface area contributed by atoms with Gasteiger partial charge in [-0.3, -0.25) is 0 Å². The highest BCUT2D eigenvalue weighted by atomic mass is 35.5. The van der Waals surface area contributed by atoms with Crippen LogP contribution in [0.15, 0.2) is 68.9 Å². The van der Waals surface area contributed by atoms with Gasteiger partial charge in [0, 0.05) is 38.2 Å². The van der Waals surface area contributed by atoms with E-state index in [2.05, 4.69) is 4.90 Å². The second-order valence-corrected chi connectivity index (χ2v) is 9.09. The van der Waals surface area contributed by atoms with Crippen LogP contribution in [0.25, 0.3) is 11.0 Å². The molecular formula is C27H34ClN3O3. The van der Waals surface area contributed by atoms with Gasteiger partial charge in [0.2, 0.25) is 0 Å². The Kier molecular flexibility index (Phi) is 8.75. The molecule has 0 aliphatic carbocycles. The summed E-state index contributed by atoms with van der Waals surface area (Å²) in [5, 5.41) is 18.4. The third-order valence-corrected chi connectivity index (χ3v) is 6.49. The number of hydrogen-bond donors (Lipinski definition) is 1. The van der Waals surface area contributed by atoms with Crippen LogP contribution >= 0.6 is 12.4 Å². The SMILES string of the molecule is C/C(=N/N(C)C)C(CN1CCCCC1)C(c1ccccc1)c1c(O)c2ccccc2oc1=O.Cl. The minimum Gasteiger partial charge on any atom is -0.507 e. The molecule has 2 aromatic carbocycles. The van der Waals surface area contributed by atoms with Crippen LogP contribution in [0, 0.1) is 5.92 Å². The summed E-state index contributed by atoms with van der Waals surface area (Å²) in [6.45, 7) is 4.84. The predicted molar refractivity (Wildman–Crippen MR) is 140 cm³/mol. The van der Waals surface area contributed by atoms with Gasteiger partial charge < -0.3 is 19.4 Å². The topological polar surface area (TPSA) is 69.3 Å². The van der Waals surface area contributed by atoms with Gasteiger partial charge in [-0.25, -0.2) is 4.79 Å². The number of hydrogen-bond acceptors (Lipinski definition) is 6. The molecule has 0 saturated carbocycles. The Hall–Kier alpha value is -2.83. The number of halogens is 1. The van der Waals surface area contributed by atoms with Crippen LogP contribution in [0.3, 0.4) is 0 Å². The molecule has 1 saturated heterocycles. The van der Waals surface area contributed by atoms with E-state index in [0.29, 0.717) is 16.5 Å². The summed E-state index contributed by atoms with van der Waals surface area (Å²) in [7, 11) is 3.81. The van der Waals surface area contributed by atoms with Gasteiger partial charge in [0.05, 0.1) is 10.9 Å². The fourth-order valence-corrected chi connectivity index (χ4v) is 4.97. The van der Waals surface area contributed by atoms with Crippen LogP contribution in [-0.2, 0) is 0 Å². The molecule has 0 amide bonds. The first-order valence-electron chi connectivity index (χ1n) is 11.7. The lowest BCUT2D eigenvalue weighted by atomic mass is 9.78. The molecule has 1 aliphatic heterocycles. The summed E-state index contributed by atoms with van der Waals surface area (Å²) in [5.41, 5.74) is 2.08. The highest BCUT2D eigenvalue weighted by Gasteiger charge is 2.35. The number of piperidine rings is 1. The van der Waals surface area contributed by atoms with Crippen LogP contribution < -0.4 is 5.63 Å². The summed E-state index contributed by atoms with van der Waals surface area (Å²) in [4.78, 5) is 15.8. The van der Waals surface area contributed by atoms with Gasteiger partial charge in [0.1, 0.15) is 11.3 Å². The van der Waals surface area contributed by atoms with Crippen molar-refractivity contribution in [2.75, 3.05) is 33.7 Å². The van der Waals surface area contributed by atoms with E-state index in [0.717, 1.165) is 30.9 Å². The van der Waals surface area contributed by atoms with Crippen molar-refractivity contribution in [3.63, 3.8) is 0 Å². The molecule has 34 heavy (non-hydrogen) atoms. The number of fused-ring (bicyclic) bond motifs is 1. The number of likely N-dealkylation sites (tertiary alicyclic amines) is 1. The van der Waals surface area contributed by atoms with Crippen LogP contribution in [0.4, 0.5) is 0 Å². The Balaban J connectivity index is 0.00000324. The zero-order valence-electron chi connectivity index (χ0n) is 20.1. The van der Waals surface area contributed by atoms with Crippen molar-refractivity contribution in [2.24, 2.45) is 11.0 Å². The highest BCUT2D eigenvalue weighted by molar-refractivity contribution is 5.88. The van der Waals surface area contributed by atoms with Gasteiger partial charge in [0.15, 0.2) is 0 Å². The maximum atomic E-state index is 13.3. The molecule has 1 N–H and O–H groups in total. The minimum atomic E-state index is -0.499. The Morgan fingerprint density at radius 2 is 1.71 bits per heavy atom. The Labute approximate surface area is 207 Å². The number of hydrazone groups is 1. The Morgan fingerprint density at radius 1 is 1.06 bits per heavy atom. The maximum absolute atomic E-state index is 13.3. The van der Waals surface area contributed by atoms with Crippen LogP contribution in [-0.4, -0.2) is 54.5 Å². The Morgan fingerprint density at radius 3 is 2.38 bits per heavy atom. The van der Waals surface area contributed by atoms with E-state index in [4.69, 9.17) is 9.52 Å². The van der Waals surface area contributed by atoms with Gasteiger partial charge in [-0.1, -0.05) is 48.9 Å². The maximum Gasteiger partial charge on any atom is 0.343 e. The molecule has 1 aromatic heterocycles. The van der Waals surface area contributed by atoms with Crippen molar-refractivity contribution in [2.45, 2.75) is 32.1 Å². The van der Waals surface area contributed by atoms with Gasteiger partial charge in [0.25, 0.3) is 0 Å². The fraction of sp³-hybridized carbons (Fsp3) is 0.407. The first kappa shape index (κ1) is 25.8. The fourth-order valence-electron chi connectivity index (χ4n) is 4.97. The predicted octanol–water partition coefficient (Wildman–Crippen LogP) is 5.09. The third-order valence-electron chi connectivity index (χ3n) is 6.49. The van der Waals surface area contributed by atoms with E-state index >= 15 is 0 Å². The zero-order chi connectivity index (χ0) is 23.4. The normalized spacial score (nSPS) is 16.6. The molecule has 7 heteroatoms. The lowest BCUT2D eigenvalue weighted by Gasteiger charge is -2.35. The van der Waals surface area contributed by atoms with Crippen molar-refractivity contribution >= 4 is 29.1 Å². The number of aromatic hydroxyl groups is 1. The molecule has 182 valence electrons. The molecule has 0 spiro atoms. The van der Waals surface area contributed by atoms with E-state index < -0.39 is 11.5 Å². The van der Waals surface area contributed by atoms with Gasteiger partial charge in [-0.05, 0) is 50.6 Å². The van der Waals surface area contributed by atoms with E-state index in [-0.39, 0.29) is 24.1 Å². The van der Waals surface area contributed by atoms with Crippen LogP contribution in [0.5, 0.6) is 5.75 Å². The average molecular weight is 484 g/mol. The third kappa shape index (κ3) is 5.62. The molecule has 2 unspecified atom stereocenters. The summed E-state index contributed by atoms with van der Waals surface area (Å²) in [6, 6.07) is 17.1. The standard InChI is InChI=1S/C27H33N3O3.ClH/c1-19(28-29(2)3)22(18-30-16-10-5-11-17-30)24(20-12-6-4-7-13-20)25-26(31)21-14-8-9-15-23(21)33-27(25)32;/h4,6-9,12-15,22,24,31H,5,10-11,16-18H2,1-3H3;1H/b28-19-;. The van der Waals surface area contributed by atoms with Crippen molar-refractivity contribution in [1.29, 1.82) is 0 Å². The molecule has 0 radical (unpaired) electrons. The van der Waals surface area contributed by atoms with Crippen molar-refractivity contribution < 1.29 is 9.52 Å². The van der Waals surface area contributed by atoms with Crippen molar-refractivity contribution in [3.8, 4) is 5.75 Å². The molecule has 4 rings (SSSR count). The smallest absolute Gasteiger partial charge is 0.343 e. The summed E-state index contributed by atoms with van der Waals surface area (Å²) >= 11 is 0. The summed E-state index contributed by atoms with van der Waals surface area (Å²) < 4.78 is 5.70. The summed E-state index contributed by atoms with van der Waals surface area (Å²) in [5.74, 6) is -0.502. The number of benzene rings is 2. The minimum absolute atomic E-state index is 0. The number of nitrogens with zero attached hydrogens (tertiary/aromatic N) is 3. The van der Waals surface area contributed by atoms with E-state index in [1.54, 1.807) is 23.2 Å². The van der Waals surface area contributed by atoms with Crippen molar-refractivity contribution in [3.05, 3.63) is 76.1 Å². The molecule has 6 nitrogen and oxygen atoms in total. The Bertz CT molecular complexity index is 1170. The molecule has 2 heterocycles. The van der Waals surface area contributed by atoms with E-state index in [1.165, 1.54) is 19.3 Å². The average Bonchev–Trinajstić information content (AvgIpc) is 2.81. The molecule has 1 aliphatic rings. The molecular weight excluding hydrogens is 450 g/mol. The van der Waals surface area contributed by atoms with Gasteiger partial charge in [-0.2, -0.15) is 5.10 Å². The van der Waals surface area contributed by atoms with E-state index in [9.17, 15) is 9.90 Å². The monoisotopic (exact) mass is 483 g/mol. The molecule has 3 aromatic rings. The second-order valence-electron chi connectivity index (χ2n) is 9.09. The largest absolute Gasteiger partial charge is 0.507 e. The first-order valence-corrected chi connectivity index (χ1v) is 11.7. The number of para-hydroxylation sites is 1. The number of rotatable bonds is 7. The summed E-state index contributed by atoms with van der Waals surface area (Å²) in [6.07, 6.45) is 3.61. The van der Waals surface area contributed by atoms with Gasteiger partial charge in [-0.15, -0.1) is 12.4 Å². The van der Waals surface area contributed by atoms with Crippen LogP contribution in [0.1, 0.15) is 43.2 Å². The first-order chi connectivity index (χ1) is 16.0. The highest BCUT2D eigenvalue weighted by Crippen LogP contribution is 2.39. The van der Waals surface area contributed by atoms with E-state index in [1.807, 2.05) is 57.4 Å². The second kappa shape index (κ2) is 11.5. The lowest BCUT2D eigenvalue weighted by Crippen LogP contribution is -2.40. The quantitative estimate of drug-likeness (QED) is 0.288.